The van der Waals surface area contributed by atoms with Gasteiger partial charge in [0.05, 0.1) is 0 Å². The molecule has 0 aliphatic carbocycles. The Morgan fingerprint density at radius 3 is 0.316 bits per heavy atom. The first-order valence-corrected chi connectivity index (χ1v) is 14.3. The second kappa shape index (κ2) is 341. The average molecular weight is 573 g/mol. The lowest BCUT2D eigenvalue weighted by molar-refractivity contribution is 0.215. The zero-order valence-electron chi connectivity index (χ0n) is 31.6. The molecule has 0 aromatic rings. The van der Waals surface area contributed by atoms with Crippen molar-refractivity contribution >= 4 is 0 Å². The Labute approximate surface area is 247 Å². The molecular weight excluding hydrogens is 484 g/mol. The highest BCUT2D eigenvalue weighted by molar-refractivity contribution is 3.95. The molecule has 0 aliphatic rings. The maximum Gasteiger partial charge on any atom is 0.0433 e. The largest absolute Gasteiger partial charge is 0.400 e. The Kier molecular flexibility index (Phi) is 747. The summed E-state index contributed by atoms with van der Waals surface area (Å²) >= 11 is 0. The molecule has 0 bridgehead atoms. The molecule has 0 aliphatic heterocycles. The van der Waals surface area contributed by atoms with Crippen molar-refractivity contribution in [3.8, 4) is 0 Å². The Morgan fingerprint density at radius 2 is 0.316 bits per heavy atom. The summed E-state index contributed by atoms with van der Waals surface area (Å²) in [5.41, 5.74) is 0. The fourth-order valence-electron chi connectivity index (χ4n) is 0. The van der Waals surface area contributed by atoms with Crippen LogP contribution in [0, 0.1) is 0 Å². The maximum atomic E-state index is 7.00. The zero-order valence-corrected chi connectivity index (χ0v) is 31.6. The summed E-state index contributed by atoms with van der Waals surface area (Å²) in [6.07, 6.45) is 7.50. The number of ether oxygens (including phenoxy) is 4. The van der Waals surface area contributed by atoms with E-state index in [1.54, 1.807) is 42.7 Å². The molecule has 0 radical (unpaired) electrons. The van der Waals surface area contributed by atoms with Crippen molar-refractivity contribution in [2.24, 2.45) is 0 Å². The summed E-state index contributed by atoms with van der Waals surface area (Å²) in [5.74, 6) is 0. The van der Waals surface area contributed by atoms with Crippen LogP contribution in [0.3, 0.4) is 0 Å². The zero-order chi connectivity index (χ0) is 34.5. The molecule has 3 N–H and O–H groups in total. The Morgan fingerprint density at radius 1 is 0.289 bits per heavy atom. The minimum absolute atomic E-state index is 0.819. The van der Waals surface area contributed by atoms with Gasteiger partial charge in [0.1, 0.15) is 0 Å². The van der Waals surface area contributed by atoms with E-state index in [0.29, 0.717) is 0 Å². The fraction of sp³-hybridized carbons (Fsp3) is 1.00. The molecule has 0 saturated heterocycles. The van der Waals surface area contributed by atoms with E-state index in [1.165, 1.54) is 38.5 Å². The van der Waals surface area contributed by atoms with Gasteiger partial charge in [0.2, 0.25) is 0 Å². The van der Waals surface area contributed by atoms with E-state index >= 15 is 0 Å². The Balaban J connectivity index is -0.0000000163. The second-order valence-corrected chi connectivity index (χ2v) is 6.21. The normalized spacial score (nSPS) is 5.84. The predicted octanol–water partition coefficient (Wildman–Crippen LogP) is 9.15. The van der Waals surface area contributed by atoms with Gasteiger partial charge >= 0.3 is 0 Å². The van der Waals surface area contributed by atoms with Crippen molar-refractivity contribution in [3.63, 3.8) is 0 Å². The van der Waals surface area contributed by atoms with Crippen molar-refractivity contribution < 1.29 is 34.3 Å². The number of hydrogen-bond donors (Lipinski definition) is 3. The van der Waals surface area contributed by atoms with Crippen LogP contribution < -0.4 is 0 Å². The van der Waals surface area contributed by atoms with Crippen LogP contribution in [-0.4, -0.2) is 92.5 Å². The van der Waals surface area contributed by atoms with Crippen molar-refractivity contribution in [1.29, 1.82) is 0 Å². The van der Waals surface area contributed by atoms with Crippen LogP contribution in [0.25, 0.3) is 0 Å². The van der Waals surface area contributed by atoms with Crippen LogP contribution >= 0.6 is 0 Å². The van der Waals surface area contributed by atoms with E-state index in [-0.39, 0.29) is 0 Å². The molecule has 0 saturated carbocycles. The fourth-order valence-corrected chi connectivity index (χ4v) is 0. The molecule has 0 atom stereocenters. The number of aliphatic hydroxyl groups excluding tert-OH is 3. The molecule has 7 nitrogen and oxygen atoms in total. The van der Waals surface area contributed by atoms with E-state index in [9.17, 15) is 0 Å². The van der Waals surface area contributed by atoms with Crippen LogP contribution in [0.5, 0.6) is 0 Å². The van der Waals surface area contributed by atoms with Gasteiger partial charge in [0.15, 0.2) is 0 Å². The summed E-state index contributed by atoms with van der Waals surface area (Å²) in [6, 6.07) is 0. The number of methoxy groups -OCH3 is 4. The van der Waals surface area contributed by atoms with Crippen LogP contribution in [0.4, 0.5) is 0 Å². The van der Waals surface area contributed by atoms with E-state index in [2.05, 4.69) is 102 Å². The molecule has 0 spiro atoms. The minimum Gasteiger partial charge on any atom is -0.400 e. The van der Waals surface area contributed by atoms with Gasteiger partial charge in [-0.15, -0.1) is 0 Å². The predicted molar refractivity (Wildman–Crippen MR) is 181 cm³/mol. The number of rotatable bonds is 2. The lowest BCUT2D eigenvalue weighted by atomic mass is 10.6. The average Bonchev–Trinajstić information content (AvgIpc) is 2.91. The summed E-state index contributed by atoms with van der Waals surface area (Å²) in [4.78, 5) is 0. The first-order valence-electron chi connectivity index (χ1n) is 14.3. The van der Waals surface area contributed by atoms with Gasteiger partial charge in [-0.3, -0.25) is 0 Å². The molecule has 0 heterocycles. The van der Waals surface area contributed by atoms with Gasteiger partial charge in [0.25, 0.3) is 0 Å². The van der Waals surface area contributed by atoms with E-state index < -0.39 is 0 Å². The van der Waals surface area contributed by atoms with E-state index in [1.807, 2.05) is 13.8 Å². The van der Waals surface area contributed by atoms with E-state index in [0.717, 1.165) is 34.5 Å². The van der Waals surface area contributed by atoms with Gasteiger partial charge in [-0.05, 0) is 13.8 Å². The van der Waals surface area contributed by atoms with Crippen LogP contribution in [0.15, 0.2) is 0 Å². The molecular formula is C31H88O7. The third-order valence-electron chi connectivity index (χ3n) is 0.577. The SMILES string of the molecule is CCC.CCC.CCC.CCC.CCC.CCC.CCOC.CCOC.CO.CO.CO.COC.COC. The minimum atomic E-state index is 0.819. The molecule has 0 fully saturated rings. The van der Waals surface area contributed by atoms with Crippen LogP contribution in [0.1, 0.15) is 135 Å². The summed E-state index contributed by atoms with van der Waals surface area (Å²) in [5, 5.41) is 21.0. The standard InChI is InChI=1S/2C3H8O.6C3H8.2C2H6O.3CH4O/c2*1-3-4-2;8*1-3-2;3*1-2/h2*3H2,1-2H3;6*3H2,1-2H3;2*1-2H3;3*2H,1H3. The summed E-state index contributed by atoms with van der Waals surface area (Å²) in [6.45, 7) is 31.1. The Bertz CT molecular complexity index is 80.2. The molecule has 7 heteroatoms. The quantitative estimate of drug-likeness (QED) is 0.303. The molecule has 254 valence electrons. The smallest absolute Gasteiger partial charge is 0.0433 e. The number of aliphatic hydroxyl groups is 3. The second-order valence-electron chi connectivity index (χ2n) is 6.21. The van der Waals surface area contributed by atoms with Gasteiger partial charge in [-0.1, -0.05) is 122 Å². The van der Waals surface area contributed by atoms with Gasteiger partial charge in [-0.2, -0.15) is 0 Å². The van der Waals surface area contributed by atoms with Crippen LogP contribution in [0.2, 0.25) is 0 Å². The first kappa shape index (κ1) is 83.2. The lowest BCUT2D eigenvalue weighted by Crippen LogP contribution is -1.73. The van der Waals surface area contributed by atoms with Crippen LogP contribution in [-0.2, 0) is 18.9 Å². The van der Waals surface area contributed by atoms with E-state index in [4.69, 9.17) is 15.3 Å². The molecule has 0 aromatic heterocycles. The van der Waals surface area contributed by atoms with Gasteiger partial charge < -0.3 is 34.3 Å². The highest BCUT2D eigenvalue weighted by atomic mass is 16.5. The highest BCUT2D eigenvalue weighted by Gasteiger charge is 1.52. The molecule has 0 aromatic carbocycles. The molecule has 38 heavy (non-hydrogen) atoms. The summed E-state index contributed by atoms with van der Waals surface area (Å²) < 4.78 is 17.6. The molecule has 0 unspecified atom stereocenters. The third-order valence-corrected chi connectivity index (χ3v) is 0.577. The summed E-state index contributed by atoms with van der Waals surface area (Å²) in [7, 11) is 12.9. The third kappa shape index (κ3) is 14600. The topological polar surface area (TPSA) is 97.6 Å². The Hall–Kier alpha value is -0.280. The van der Waals surface area contributed by atoms with Gasteiger partial charge in [-0.25, -0.2) is 0 Å². The highest BCUT2D eigenvalue weighted by Crippen LogP contribution is 1.58. The molecule has 0 amide bonds. The maximum absolute atomic E-state index is 7.00. The van der Waals surface area contributed by atoms with Crippen molar-refractivity contribution in [2.45, 2.75) is 135 Å². The van der Waals surface area contributed by atoms with Crippen molar-refractivity contribution in [2.75, 3.05) is 77.2 Å². The molecule has 0 rings (SSSR count). The van der Waals surface area contributed by atoms with Crippen molar-refractivity contribution in [3.05, 3.63) is 0 Å². The number of hydrogen-bond acceptors (Lipinski definition) is 7. The lowest BCUT2D eigenvalue weighted by Gasteiger charge is -1.76. The van der Waals surface area contributed by atoms with Gasteiger partial charge in [0, 0.05) is 77.2 Å². The monoisotopic (exact) mass is 573 g/mol. The first-order chi connectivity index (χ1) is 18.1. The van der Waals surface area contributed by atoms with Crippen molar-refractivity contribution in [1.82, 2.24) is 0 Å².